The largest absolute Gasteiger partial charge is 0.477 e. The van der Waals surface area contributed by atoms with Gasteiger partial charge in [0, 0.05) is 6.20 Å². The van der Waals surface area contributed by atoms with Gasteiger partial charge in [0.2, 0.25) is 0 Å². The highest BCUT2D eigenvalue weighted by molar-refractivity contribution is 5.86. The molecule has 1 N–H and O–H groups in total. The smallest absolute Gasteiger partial charge is 0.354 e. The van der Waals surface area contributed by atoms with Crippen LogP contribution >= 0.6 is 0 Å². The molecule has 5 nitrogen and oxygen atoms in total. The minimum absolute atomic E-state index is 0.139. The Bertz CT molecular complexity index is 475. The number of carboxylic acids is 1. The van der Waals surface area contributed by atoms with Gasteiger partial charge in [-0.25, -0.2) is 14.8 Å². The van der Waals surface area contributed by atoms with Gasteiger partial charge in [-0.3, -0.25) is 4.40 Å². The third kappa shape index (κ3) is 1.05. The molecule has 0 bridgehead atoms. The van der Waals surface area contributed by atoms with Gasteiger partial charge in [-0.05, 0) is 13.0 Å². The molecule has 0 radical (unpaired) electrons. The van der Waals surface area contributed by atoms with Gasteiger partial charge in [-0.1, -0.05) is 0 Å². The van der Waals surface area contributed by atoms with Gasteiger partial charge in [0.1, 0.15) is 11.5 Å². The molecule has 13 heavy (non-hydrogen) atoms. The van der Waals surface area contributed by atoms with Gasteiger partial charge in [0.25, 0.3) is 0 Å². The summed E-state index contributed by atoms with van der Waals surface area (Å²) in [6, 6.07) is 1.67. The van der Waals surface area contributed by atoms with E-state index in [9.17, 15) is 4.79 Å². The summed E-state index contributed by atoms with van der Waals surface area (Å²) in [6.07, 6.45) is 2.93. The standard InChI is InChI=1S/C8H7N3O2/c1-5-9-3-2-7-10-4-6(8(12)13)11(5)7/h2-4H,1H3,(H,12,13). The van der Waals surface area contributed by atoms with E-state index < -0.39 is 5.97 Å². The molecule has 2 aromatic heterocycles. The molecular formula is C8H7N3O2. The normalized spacial score (nSPS) is 10.5. The Balaban J connectivity index is 2.86. The zero-order valence-corrected chi connectivity index (χ0v) is 6.93. The summed E-state index contributed by atoms with van der Waals surface area (Å²) in [5, 5.41) is 8.81. The number of aryl methyl sites for hydroxylation is 1. The Morgan fingerprint density at radius 3 is 3.00 bits per heavy atom. The lowest BCUT2D eigenvalue weighted by Gasteiger charge is -1.99. The van der Waals surface area contributed by atoms with Gasteiger partial charge in [-0.15, -0.1) is 0 Å². The Labute approximate surface area is 73.7 Å². The van der Waals surface area contributed by atoms with Crippen molar-refractivity contribution in [3.8, 4) is 0 Å². The van der Waals surface area contributed by atoms with E-state index in [1.54, 1.807) is 19.2 Å². The van der Waals surface area contributed by atoms with E-state index >= 15 is 0 Å². The van der Waals surface area contributed by atoms with Crippen molar-refractivity contribution in [1.29, 1.82) is 0 Å². The lowest BCUT2D eigenvalue weighted by molar-refractivity contribution is 0.0689. The molecule has 0 saturated heterocycles. The summed E-state index contributed by atoms with van der Waals surface area (Å²) in [4.78, 5) is 18.7. The van der Waals surface area contributed by atoms with Crippen LogP contribution in [0, 0.1) is 6.92 Å². The first kappa shape index (κ1) is 7.72. The van der Waals surface area contributed by atoms with E-state index in [4.69, 9.17) is 5.11 Å². The number of rotatable bonds is 1. The maximum absolute atomic E-state index is 10.7. The maximum atomic E-state index is 10.7. The first-order valence-electron chi connectivity index (χ1n) is 3.72. The van der Waals surface area contributed by atoms with Gasteiger partial charge in [0.15, 0.2) is 5.69 Å². The molecular weight excluding hydrogens is 170 g/mol. The monoisotopic (exact) mass is 177 g/mol. The lowest BCUT2D eigenvalue weighted by Crippen LogP contribution is -2.04. The van der Waals surface area contributed by atoms with Crippen molar-refractivity contribution in [3.05, 3.63) is 30.0 Å². The SMILES string of the molecule is Cc1nccc2ncc(C(=O)O)n12. The predicted molar refractivity (Wildman–Crippen MR) is 44.7 cm³/mol. The molecule has 0 aliphatic carbocycles. The van der Waals surface area contributed by atoms with Crippen LogP contribution in [0.5, 0.6) is 0 Å². The van der Waals surface area contributed by atoms with E-state index in [2.05, 4.69) is 9.97 Å². The average molecular weight is 177 g/mol. The third-order valence-corrected chi connectivity index (χ3v) is 1.82. The number of fused-ring (bicyclic) bond motifs is 1. The van der Waals surface area contributed by atoms with Crippen LogP contribution in [0.3, 0.4) is 0 Å². The number of imidazole rings is 1. The van der Waals surface area contributed by atoms with Gasteiger partial charge in [-0.2, -0.15) is 0 Å². The topological polar surface area (TPSA) is 67.5 Å². The zero-order valence-electron chi connectivity index (χ0n) is 6.93. The fraction of sp³-hybridized carbons (Fsp3) is 0.125. The lowest BCUT2D eigenvalue weighted by atomic mass is 10.4. The number of nitrogens with zero attached hydrogens (tertiary/aromatic N) is 3. The Kier molecular flexibility index (Phi) is 1.51. The predicted octanol–water partition coefficient (Wildman–Crippen LogP) is 0.736. The molecule has 0 fully saturated rings. The third-order valence-electron chi connectivity index (χ3n) is 1.82. The highest BCUT2D eigenvalue weighted by Crippen LogP contribution is 2.07. The van der Waals surface area contributed by atoms with Crippen molar-refractivity contribution < 1.29 is 9.90 Å². The highest BCUT2D eigenvalue weighted by atomic mass is 16.4. The van der Waals surface area contributed by atoms with Crippen molar-refractivity contribution in [3.63, 3.8) is 0 Å². The van der Waals surface area contributed by atoms with Crippen LogP contribution in [-0.2, 0) is 0 Å². The summed E-state index contributed by atoms with van der Waals surface area (Å²) in [5.41, 5.74) is 0.741. The maximum Gasteiger partial charge on any atom is 0.354 e. The van der Waals surface area contributed by atoms with E-state index in [-0.39, 0.29) is 5.69 Å². The highest BCUT2D eigenvalue weighted by Gasteiger charge is 2.11. The van der Waals surface area contributed by atoms with Crippen molar-refractivity contribution in [2.45, 2.75) is 6.92 Å². The summed E-state index contributed by atoms with van der Waals surface area (Å²) in [5.74, 6) is -0.379. The molecule has 0 spiro atoms. The molecule has 0 aliphatic heterocycles. The van der Waals surface area contributed by atoms with E-state index in [0.717, 1.165) is 0 Å². The number of aromatic carboxylic acids is 1. The van der Waals surface area contributed by atoms with Crippen LogP contribution in [0.1, 0.15) is 16.3 Å². The molecule has 66 valence electrons. The summed E-state index contributed by atoms with van der Waals surface area (Å²) in [7, 11) is 0. The molecule has 2 aromatic rings. The van der Waals surface area contributed by atoms with Crippen LogP contribution < -0.4 is 0 Å². The summed E-state index contributed by atoms with van der Waals surface area (Å²) in [6.45, 7) is 1.74. The number of carboxylic acid groups (broad SMARTS) is 1. The van der Waals surface area contributed by atoms with E-state index in [0.29, 0.717) is 11.5 Å². The fourth-order valence-electron chi connectivity index (χ4n) is 1.24. The molecule has 0 unspecified atom stereocenters. The van der Waals surface area contributed by atoms with Gasteiger partial charge < -0.3 is 5.11 Å². The second-order valence-electron chi connectivity index (χ2n) is 2.63. The number of carbonyl (C=O) groups is 1. The van der Waals surface area contributed by atoms with Gasteiger partial charge >= 0.3 is 5.97 Å². The second kappa shape index (κ2) is 2.55. The molecule has 2 rings (SSSR count). The van der Waals surface area contributed by atoms with Crippen LogP contribution in [0.4, 0.5) is 0 Å². The molecule has 0 aromatic carbocycles. The number of aromatic nitrogens is 3. The van der Waals surface area contributed by atoms with Crippen LogP contribution in [0.25, 0.3) is 5.65 Å². The van der Waals surface area contributed by atoms with Crippen LogP contribution in [0.15, 0.2) is 18.5 Å². The fourth-order valence-corrected chi connectivity index (χ4v) is 1.24. The van der Waals surface area contributed by atoms with E-state index in [1.165, 1.54) is 10.6 Å². The van der Waals surface area contributed by atoms with Crippen molar-refractivity contribution in [2.75, 3.05) is 0 Å². The number of hydrogen-bond donors (Lipinski definition) is 1. The molecule has 0 atom stereocenters. The Morgan fingerprint density at radius 1 is 1.54 bits per heavy atom. The molecule has 2 heterocycles. The number of hydrogen-bond acceptors (Lipinski definition) is 3. The first-order valence-corrected chi connectivity index (χ1v) is 3.72. The van der Waals surface area contributed by atoms with E-state index in [1.807, 2.05) is 0 Å². The molecule has 0 saturated carbocycles. The van der Waals surface area contributed by atoms with Crippen molar-refractivity contribution >= 4 is 11.6 Å². The summed E-state index contributed by atoms with van der Waals surface area (Å²) >= 11 is 0. The molecule has 0 amide bonds. The minimum atomic E-state index is -0.997. The van der Waals surface area contributed by atoms with Crippen LogP contribution in [0.2, 0.25) is 0 Å². The van der Waals surface area contributed by atoms with Crippen molar-refractivity contribution in [2.24, 2.45) is 0 Å². The van der Waals surface area contributed by atoms with Gasteiger partial charge in [0.05, 0.1) is 6.20 Å². The first-order chi connectivity index (χ1) is 6.20. The quantitative estimate of drug-likeness (QED) is 0.697. The second-order valence-corrected chi connectivity index (χ2v) is 2.63. The van der Waals surface area contributed by atoms with Crippen molar-refractivity contribution in [1.82, 2.24) is 14.4 Å². The minimum Gasteiger partial charge on any atom is -0.477 e. The molecule has 0 aliphatic rings. The summed E-state index contributed by atoms with van der Waals surface area (Å²) < 4.78 is 1.50. The Morgan fingerprint density at radius 2 is 2.31 bits per heavy atom. The zero-order chi connectivity index (χ0) is 9.42. The molecule has 5 heteroatoms. The Hall–Kier alpha value is -1.91. The van der Waals surface area contributed by atoms with Crippen LogP contribution in [-0.4, -0.2) is 25.4 Å². The average Bonchev–Trinajstić information content (AvgIpc) is 2.49.